The largest absolute Gasteiger partial charge is 0.379 e. The third kappa shape index (κ3) is 4.55. The molecule has 1 aromatic heterocycles. The number of amides is 2. The molecule has 8 nitrogen and oxygen atoms in total. The van der Waals surface area contributed by atoms with Crippen molar-refractivity contribution in [2.24, 2.45) is 5.92 Å². The molecule has 0 radical (unpaired) electrons. The molecule has 1 fully saturated rings. The number of ether oxygens (including phenoxy) is 1. The van der Waals surface area contributed by atoms with Gasteiger partial charge in [-0.3, -0.25) is 4.57 Å². The van der Waals surface area contributed by atoms with Crippen LogP contribution in [0.3, 0.4) is 0 Å². The van der Waals surface area contributed by atoms with Crippen molar-refractivity contribution in [2.45, 2.75) is 0 Å². The first-order valence-electron chi connectivity index (χ1n) is 8.46. The minimum atomic E-state index is -0.494. The van der Waals surface area contributed by atoms with Gasteiger partial charge >= 0.3 is 6.03 Å². The highest BCUT2D eigenvalue weighted by Crippen LogP contribution is 2.20. The molecule has 9 heteroatoms. The van der Waals surface area contributed by atoms with Crippen molar-refractivity contribution in [3.8, 4) is 5.69 Å². The zero-order valence-corrected chi connectivity index (χ0v) is 14.9. The fourth-order valence-electron chi connectivity index (χ4n) is 2.99. The average molecular weight is 362 g/mol. The minimum absolute atomic E-state index is 0.121. The van der Waals surface area contributed by atoms with Crippen LogP contribution in [0.1, 0.15) is 0 Å². The maximum Gasteiger partial charge on any atom is 0.322 e. The monoisotopic (exact) mass is 362 g/mol. The van der Waals surface area contributed by atoms with Crippen LogP contribution >= 0.6 is 0 Å². The highest BCUT2D eigenvalue weighted by molar-refractivity contribution is 5.89. The van der Waals surface area contributed by atoms with E-state index >= 15 is 0 Å². The number of carbonyl (C=O) groups excluding carboxylic acids is 1. The van der Waals surface area contributed by atoms with Gasteiger partial charge in [-0.1, -0.05) is 0 Å². The smallest absolute Gasteiger partial charge is 0.322 e. The predicted octanol–water partition coefficient (Wildman–Crippen LogP) is 1.45. The number of anilines is 1. The lowest BCUT2D eigenvalue weighted by molar-refractivity contribution is 0.112. The molecule has 3 rings (SSSR count). The molecule has 1 aliphatic rings. The SMILES string of the molecule is CN(C)C[C@@H]1COCCN(C(=O)Nc2cc(-n3cnnc3)ccc2F)C1. The third-order valence-corrected chi connectivity index (χ3v) is 4.16. The van der Waals surface area contributed by atoms with Crippen molar-refractivity contribution in [1.82, 2.24) is 24.6 Å². The van der Waals surface area contributed by atoms with Crippen molar-refractivity contribution in [3.05, 3.63) is 36.7 Å². The van der Waals surface area contributed by atoms with Crippen molar-refractivity contribution >= 4 is 11.7 Å². The lowest BCUT2D eigenvalue weighted by Crippen LogP contribution is -2.41. The Balaban J connectivity index is 1.71. The summed E-state index contributed by atoms with van der Waals surface area (Å²) in [5.74, 6) is -0.280. The van der Waals surface area contributed by atoms with Crippen LogP contribution in [0, 0.1) is 11.7 Å². The lowest BCUT2D eigenvalue weighted by atomic mass is 10.1. The van der Waals surface area contributed by atoms with Crippen LogP contribution in [-0.4, -0.2) is 77.5 Å². The number of carbonyl (C=O) groups is 1. The molecule has 0 saturated carbocycles. The zero-order valence-electron chi connectivity index (χ0n) is 14.9. The maximum absolute atomic E-state index is 14.2. The van der Waals surface area contributed by atoms with E-state index < -0.39 is 5.82 Å². The molecule has 2 aromatic rings. The van der Waals surface area contributed by atoms with Crippen LogP contribution in [0.25, 0.3) is 5.69 Å². The van der Waals surface area contributed by atoms with E-state index in [-0.39, 0.29) is 17.6 Å². The first-order chi connectivity index (χ1) is 12.5. The van der Waals surface area contributed by atoms with Gasteiger partial charge in [-0.25, -0.2) is 9.18 Å². The molecule has 2 heterocycles. The van der Waals surface area contributed by atoms with Gasteiger partial charge in [-0.05, 0) is 32.3 Å². The normalized spacial score (nSPS) is 18.0. The van der Waals surface area contributed by atoms with Crippen LogP contribution in [0.5, 0.6) is 0 Å². The van der Waals surface area contributed by atoms with Gasteiger partial charge < -0.3 is 19.9 Å². The summed E-state index contributed by atoms with van der Waals surface area (Å²) < 4.78 is 21.4. The molecule has 0 spiro atoms. The minimum Gasteiger partial charge on any atom is -0.379 e. The Bertz CT molecular complexity index is 737. The second-order valence-electron chi connectivity index (χ2n) is 6.61. The Morgan fingerprint density at radius 3 is 2.88 bits per heavy atom. The van der Waals surface area contributed by atoms with E-state index in [0.29, 0.717) is 32.0 Å². The first kappa shape index (κ1) is 18.3. The van der Waals surface area contributed by atoms with Gasteiger partial charge in [0.2, 0.25) is 0 Å². The summed E-state index contributed by atoms with van der Waals surface area (Å²) in [6, 6.07) is 4.13. The topological polar surface area (TPSA) is 75.5 Å². The number of urea groups is 1. The number of rotatable bonds is 4. The van der Waals surface area contributed by atoms with Crippen molar-refractivity contribution in [1.29, 1.82) is 0 Å². The summed E-state index contributed by atoms with van der Waals surface area (Å²) in [7, 11) is 3.97. The summed E-state index contributed by atoms with van der Waals surface area (Å²) >= 11 is 0. The molecular weight excluding hydrogens is 339 g/mol. The van der Waals surface area contributed by atoms with E-state index in [1.807, 2.05) is 14.1 Å². The Labute approximate surface area is 151 Å². The maximum atomic E-state index is 14.2. The van der Waals surface area contributed by atoms with Crippen LogP contribution in [0.2, 0.25) is 0 Å². The van der Waals surface area contributed by atoms with Gasteiger partial charge in [0.15, 0.2) is 0 Å². The van der Waals surface area contributed by atoms with E-state index in [2.05, 4.69) is 20.4 Å². The summed E-state index contributed by atoms with van der Waals surface area (Å²) in [6.45, 7) is 2.94. The molecule has 26 heavy (non-hydrogen) atoms. The molecular formula is C17H23FN6O2. The van der Waals surface area contributed by atoms with E-state index in [1.165, 1.54) is 18.7 Å². The van der Waals surface area contributed by atoms with Crippen molar-refractivity contribution in [2.75, 3.05) is 52.3 Å². The Hall–Kier alpha value is -2.52. The van der Waals surface area contributed by atoms with Crippen molar-refractivity contribution < 1.29 is 13.9 Å². The molecule has 1 atom stereocenters. The van der Waals surface area contributed by atoms with Gasteiger partial charge in [-0.2, -0.15) is 0 Å². The lowest BCUT2D eigenvalue weighted by Gasteiger charge is -2.25. The Kier molecular flexibility index (Phi) is 5.79. The van der Waals surface area contributed by atoms with Crippen LogP contribution in [0.4, 0.5) is 14.9 Å². The fraction of sp³-hybridized carbons (Fsp3) is 0.471. The van der Waals surface area contributed by atoms with E-state index in [9.17, 15) is 9.18 Å². The number of aromatic nitrogens is 3. The second kappa shape index (κ2) is 8.24. The first-order valence-corrected chi connectivity index (χ1v) is 8.46. The molecule has 1 N–H and O–H groups in total. The summed E-state index contributed by atoms with van der Waals surface area (Å²) in [5.41, 5.74) is 0.784. The van der Waals surface area contributed by atoms with Gasteiger partial charge in [-0.15, -0.1) is 10.2 Å². The van der Waals surface area contributed by atoms with E-state index in [4.69, 9.17) is 4.74 Å². The molecule has 0 aliphatic carbocycles. The number of hydrogen-bond acceptors (Lipinski definition) is 5. The summed E-state index contributed by atoms with van der Waals surface area (Å²) in [6.07, 6.45) is 3.02. The van der Waals surface area contributed by atoms with Gasteiger partial charge in [0.1, 0.15) is 18.5 Å². The Morgan fingerprint density at radius 1 is 1.38 bits per heavy atom. The third-order valence-electron chi connectivity index (χ3n) is 4.16. The molecule has 0 unspecified atom stereocenters. The van der Waals surface area contributed by atoms with Crippen LogP contribution < -0.4 is 5.32 Å². The highest BCUT2D eigenvalue weighted by atomic mass is 19.1. The molecule has 0 bridgehead atoms. The van der Waals surface area contributed by atoms with Gasteiger partial charge in [0.25, 0.3) is 0 Å². The standard InChI is InChI=1S/C17H23FN6O2/c1-22(2)8-13-9-23(5-6-26-10-13)17(25)21-16-7-14(3-4-15(16)18)24-11-19-20-12-24/h3-4,7,11-13H,5-6,8-10H2,1-2H3,(H,21,25)/t13-/m0/s1. The van der Waals surface area contributed by atoms with Crippen LogP contribution in [-0.2, 0) is 4.74 Å². The van der Waals surface area contributed by atoms with Crippen LogP contribution in [0.15, 0.2) is 30.9 Å². The number of halogens is 1. The Morgan fingerprint density at radius 2 is 2.15 bits per heavy atom. The van der Waals surface area contributed by atoms with Gasteiger partial charge in [0.05, 0.1) is 24.6 Å². The summed E-state index contributed by atoms with van der Waals surface area (Å²) in [4.78, 5) is 16.4. The molecule has 140 valence electrons. The second-order valence-corrected chi connectivity index (χ2v) is 6.61. The predicted molar refractivity (Wildman–Crippen MR) is 94.8 cm³/mol. The van der Waals surface area contributed by atoms with E-state index in [1.54, 1.807) is 21.6 Å². The number of benzene rings is 1. The average Bonchev–Trinajstić information content (AvgIpc) is 3.03. The summed E-state index contributed by atoms with van der Waals surface area (Å²) in [5, 5.41) is 10.1. The molecule has 1 aliphatic heterocycles. The van der Waals surface area contributed by atoms with E-state index in [0.717, 1.165) is 6.54 Å². The number of nitrogens with zero attached hydrogens (tertiary/aromatic N) is 5. The molecule has 2 amide bonds. The number of nitrogens with one attached hydrogen (secondary N) is 1. The van der Waals surface area contributed by atoms with Crippen molar-refractivity contribution in [3.63, 3.8) is 0 Å². The highest BCUT2D eigenvalue weighted by Gasteiger charge is 2.23. The zero-order chi connectivity index (χ0) is 18.5. The van der Waals surface area contributed by atoms with Gasteiger partial charge in [0, 0.05) is 25.6 Å². The quantitative estimate of drug-likeness (QED) is 0.891. The molecule has 1 saturated heterocycles. The number of hydrogen-bond donors (Lipinski definition) is 1. The fourth-order valence-corrected chi connectivity index (χ4v) is 2.99. The molecule has 1 aromatic carbocycles.